The molecule has 3 N–H and O–H groups in total. The van der Waals surface area contributed by atoms with E-state index in [1.54, 1.807) is 0 Å². The molecule has 0 aromatic heterocycles. The van der Waals surface area contributed by atoms with E-state index < -0.39 is 29.1 Å². The largest absolute Gasteiger partial charge is 0.452 e. The third-order valence-corrected chi connectivity index (χ3v) is 4.21. The maximum Gasteiger partial charge on any atom is 0.338 e. The minimum atomic E-state index is -0.841. The number of carbonyl (C=O) groups excluding carboxylic acids is 2. The molecule has 2 rings (SSSR count). The number of nitrogens with zero attached hydrogens (tertiary/aromatic N) is 1. The van der Waals surface area contributed by atoms with Crippen LogP contribution in [0.2, 0.25) is 0 Å². The number of hydrogen-bond donors (Lipinski definition) is 2. The zero-order valence-corrected chi connectivity index (χ0v) is 15.3. The molecule has 8 nitrogen and oxygen atoms in total. The summed E-state index contributed by atoms with van der Waals surface area (Å²) in [6.45, 7) is 5.32. The lowest BCUT2D eigenvalue weighted by atomic mass is 10.0. The van der Waals surface area contributed by atoms with Gasteiger partial charge in [0.25, 0.3) is 11.6 Å². The lowest BCUT2D eigenvalue weighted by Crippen LogP contribution is -2.31. The van der Waals surface area contributed by atoms with Crippen molar-refractivity contribution in [2.75, 3.05) is 12.3 Å². The molecule has 1 amide bonds. The molecule has 0 aliphatic heterocycles. The number of nitrogen functional groups attached to an aromatic ring is 1. The maximum atomic E-state index is 12.0. The van der Waals surface area contributed by atoms with Crippen LogP contribution in [-0.2, 0) is 9.53 Å². The van der Waals surface area contributed by atoms with Crippen LogP contribution in [0.3, 0.4) is 0 Å². The Morgan fingerprint density at radius 1 is 1.19 bits per heavy atom. The molecule has 2 aromatic rings. The van der Waals surface area contributed by atoms with E-state index in [4.69, 9.17) is 10.5 Å². The zero-order valence-electron chi connectivity index (χ0n) is 15.3. The van der Waals surface area contributed by atoms with Gasteiger partial charge in [0.05, 0.1) is 16.5 Å². The lowest BCUT2D eigenvalue weighted by Gasteiger charge is -2.15. The van der Waals surface area contributed by atoms with E-state index in [2.05, 4.69) is 5.32 Å². The van der Waals surface area contributed by atoms with E-state index in [1.807, 2.05) is 39.0 Å². The zero-order chi connectivity index (χ0) is 20.1. The van der Waals surface area contributed by atoms with Crippen molar-refractivity contribution in [2.24, 2.45) is 0 Å². The van der Waals surface area contributed by atoms with Crippen LogP contribution >= 0.6 is 0 Å². The SMILES string of the molecule is Cc1ccc([C@@H](C)NC(=O)COC(=O)c2ccc(N)c([N+](=O)[O-])c2)cc1C. The van der Waals surface area contributed by atoms with Crippen molar-refractivity contribution in [1.82, 2.24) is 5.32 Å². The van der Waals surface area contributed by atoms with Gasteiger partial charge in [-0.05, 0) is 49.6 Å². The molecule has 2 aromatic carbocycles. The number of nitro groups is 1. The van der Waals surface area contributed by atoms with Crippen molar-refractivity contribution >= 4 is 23.3 Å². The molecule has 1 atom stereocenters. The average molecular weight is 371 g/mol. The predicted molar refractivity (Wildman–Crippen MR) is 100 cm³/mol. The van der Waals surface area contributed by atoms with Crippen molar-refractivity contribution in [3.05, 3.63) is 68.8 Å². The second kappa shape index (κ2) is 8.31. The fraction of sp³-hybridized carbons (Fsp3) is 0.263. The van der Waals surface area contributed by atoms with E-state index >= 15 is 0 Å². The Hall–Kier alpha value is -3.42. The molecule has 0 unspecified atom stereocenters. The van der Waals surface area contributed by atoms with Crippen molar-refractivity contribution in [1.29, 1.82) is 0 Å². The third kappa shape index (κ3) is 5.04. The van der Waals surface area contributed by atoms with Gasteiger partial charge in [-0.25, -0.2) is 4.79 Å². The quantitative estimate of drug-likeness (QED) is 0.348. The molecule has 0 radical (unpaired) electrons. The van der Waals surface area contributed by atoms with Gasteiger partial charge in [0.2, 0.25) is 0 Å². The number of nitrogens with one attached hydrogen (secondary N) is 1. The number of nitrogens with two attached hydrogens (primary N) is 1. The van der Waals surface area contributed by atoms with Crippen molar-refractivity contribution in [3.63, 3.8) is 0 Å². The highest BCUT2D eigenvalue weighted by Gasteiger charge is 2.18. The number of hydrogen-bond acceptors (Lipinski definition) is 6. The number of amides is 1. The first kappa shape index (κ1) is 19.9. The number of esters is 1. The van der Waals surface area contributed by atoms with E-state index in [0.29, 0.717) is 0 Å². The van der Waals surface area contributed by atoms with Gasteiger partial charge in [-0.1, -0.05) is 18.2 Å². The van der Waals surface area contributed by atoms with Gasteiger partial charge in [0, 0.05) is 6.07 Å². The summed E-state index contributed by atoms with van der Waals surface area (Å²) >= 11 is 0. The van der Waals surface area contributed by atoms with Crippen LogP contribution in [-0.4, -0.2) is 23.4 Å². The number of carbonyl (C=O) groups is 2. The molecule has 27 heavy (non-hydrogen) atoms. The second-order valence-electron chi connectivity index (χ2n) is 6.24. The van der Waals surface area contributed by atoms with Gasteiger partial charge in [-0.2, -0.15) is 0 Å². The Balaban J connectivity index is 1.94. The smallest absolute Gasteiger partial charge is 0.338 e. The number of nitro benzene ring substituents is 1. The fourth-order valence-corrected chi connectivity index (χ4v) is 2.44. The minimum Gasteiger partial charge on any atom is -0.452 e. The van der Waals surface area contributed by atoms with Gasteiger partial charge in [0.1, 0.15) is 5.69 Å². The fourth-order valence-electron chi connectivity index (χ4n) is 2.44. The first-order chi connectivity index (χ1) is 12.7. The van der Waals surface area contributed by atoms with Crippen LogP contribution in [0, 0.1) is 24.0 Å². The molecule has 0 saturated carbocycles. The predicted octanol–water partition coefficient (Wildman–Crippen LogP) is 2.83. The van der Waals surface area contributed by atoms with Crippen LogP contribution in [0.1, 0.15) is 40.0 Å². The van der Waals surface area contributed by atoms with E-state index in [-0.39, 0.29) is 17.3 Å². The average Bonchev–Trinajstić information content (AvgIpc) is 2.62. The number of anilines is 1. The first-order valence-corrected chi connectivity index (χ1v) is 8.26. The summed E-state index contributed by atoms with van der Waals surface area (Å²) in [6.07, 6.45) is 0. The summed E-state index contributed by atoms with van der Waals surface area (Å²) < 4.78 is 4.93. The molecule has 0 aliphatic rings. The van der Waals surface area contributed by atoms with Crippen molar-refractivity contribution in [2.45, 2.75) is 26.8 Å². The third-order valence-electron chi connectivity index (χ3n) is 4.21. The molecule has 8 heteroatoms. The van der Waals surface area contributed by atoms with Crippen LogP contribution < -0.4 is 11.1 Å². The van der Waals surface area contributed by atoms with Gasteiger partial charge in [-0.3, -0.25) is 14.9 Å². The standard InChI is InChI=1S/C19H21N3O5/c1-11-4-5-14(8-12(11)2)13(3)21-18(23)10-27-19(24)15-6-7-16(20)17(9-15)22(25)26/h4-9,13H,10,20H2,1-3H3,(H,21,23)/t13-/m1/s1. The summed E-state index contributed by atoms with van der Waals surface area (Å²) in [5.41, 5.74) is 8.19. The summed E-state index contributed by atoms with van der Waals surface area (Å²) in [5.74, 6) is -1.31. The second-order valence-corrected chi connectivity index (χ2v) is 6.24. The molecular formula is C19H21N3O5. The van der Waals surface area contributed by atoms with Crippen LogP contribution in [0.4, 0.5) is 11.4 Å². The van der Waals surface area contributed by atoms with Crippen LogP contribution in [0.25, 0.3) is 0 Å². The molecule has 0 aliphatic carbocycles. The van der Waals surface area contributed by atoms with Crippen molar-refractivity contribution in [3.8, 4) is 0 Å². The monoisotopic (exact) mass is 371 g/mol. The highest BCUT2D eigenvalue weighted by molar-refractivity contribution is 5.92. The van der Waals surface area contributed by atoms with Gasteiger partial charge in [-0.15, -0.1) is 0 Å². The summed E-state index contributed by atoms with van der Waals surface area (Å²) in [7, 11) is 0. The Kier molecular flexibility index (Phi) is 6.12. The molecule has 0 fully saturated rings. The van der Waals surface area contributed by atoms with Gasteiger partial charge < -0.3 is 15.8 Å². The Morgan fingerprint density at radius 2 is 1.89 bits per heavy atom. The number of rotatable bonds is 6. The molecule has 142 valence electrons. The highest BCUT2D eigenvalue weighted by atomic mass is 16.6. The lowest BCUT2D eigenvalue weighted by molar-refractivity contribution is -0.383. The molecule has 0 spiro atoms. The van der Waals surface area contributed by atoms with Crippen LogP contribution in [0.5, 0.6) is 0 Å². The number of ether oxygens (including phenoxy) is 1. The molecule has 0 heterocycles. The van der Waals surface area contributed by atoms with Crippen LogP contribution in [0.15, 0.2) is 36.4 Å². The normalized spacial score (nSPS) is 11.5. The Morgan fingerprint density at radius 3 is 2.52 bits per heavy atom. The topological polar surface area (TPSA) is 125 Å². The highest BCUT2D eigenvalue weighted by Crippen LogP contribution is 2.22. The summed E-state index contributed by atoms with van der Waals surface area (Å²) in [6, 6.07) is 9.20. The maximum absolute atomic E-state index is 12.0. The van der Waals surface area contributed by atoms with E-state index in [9.17, 15) is 19.7 Å². The Bertz CT molecular complexity index is 895. The first-order valence-electron chi connectivity index (χ1n) is 8.26. The minimum absolute atomic E-state index is 0.0501. The number of benzene rings is 2. The number of aryl methyl sites for hydroxylation is 2. The van der Waals surface area contributed by atoms with Crippen molar-refractivity contribution < 1.29 is 19.2 Å². The Labute approximate surface area is 156 Å². The molecule has 0 bridgehead atoms. The van der Waals surface area contributed by atoms with Gasteiger partial charge >= 0.3 is 5.97 Å². The van der Waals surface area contributed by atoms with E-state index in [0.717, 1.165) is 22.8 Å². The van der Waals surface area contributed by atoms with E-state index in [1.165, 1.54) is 12.1 Å². The van der Waals surface area contributed by atoms with Gasteiger partial charge in [0.15, 0.2) is 6.61 Å². The summed E-state index contributed by atoms with van der Waals surface area (Å²) in [4.78, 5) is 34.2. The molecular weight excluding hydrogens is 350 g/mol. The molecule has 0 saturated heterocycles. The summed E-state index contributed by atoms with van der Waals surface area (Å²) in [5, 5.41) is 13.6.